The van der Waals surface area contributed by atoms with Crippen molar-refractivity contribution in [2.75, 3.05) is 6.61 Å². The molecule has 0 spiro atoms. The predicted molar refractivity (Wildman–Crippen MR) is 108 cm³/mol. The summed E-state index contributed by atoms with van der Waals surface area (Å²) in [7, 11) is 0. The molecular weight excluding hydrogens is 394 g/mol. The van der Waals surface area contributed by atoms with Crippen molar-refractivity contribution >= 4 is 32.8 Å². The summed E-state index contributed by atoms with van der Waals surface area (Å²) in [5, 5.41) is 1.01. The van der Waals surface area contributed by atoms with Crippen molar-refractivity contribution in [1.82, 2.24) is 4.98 Å². The number of nitrogens with zero attached hydrogens (tertiary/aromatic N) is 1. The molecule has 0 fully saturated rings. The minimum atomic E-state index is -0.550. The molecule has 1 atom stereocenters. The lowest BCUT2D eigenvalue weighted by atomic mass is 9.97. The van der Waals surface area contributed by atoms with Crippen LogP contribution in [0.2, 0.25) is 0 Å². The third-order valence-electron chi connectivity index (χ3n) is 3.89. The number of esters is 1. The van der Waals surface area contributed by atoms with Crippen LogP contribution in [-0.2, 0) is 14.3 Å². The molecule has 0 bridgehead atoms. The van der Waals surface area contributed by atoms with Crippen LogP contribution < -0.4 is 0 Å². The number of fused-ring (bicyclic) bond motifs is 1. The minimum Gasteiger partial charge on any atom is -0.462 e. The molecule has 2 aromatic rings. The fourth-order valence-corrected chi connectivity index (χ4v) is 3.59. The van der Waals surface area contributed by atoms with Crippen LogP contribution in [0.25, 0.3) is 10.9 Å². The lowest BCUT2D eigenvalue weighted by Crippen LogP contribution is -2.30. The quantitative estimate of drug-likeness (QED) is 0.589. The van der Waals surface area contributed by atoms with Crippen molar-refractivity contribution in [1.29, 1.82) is 0 Å². The predicted octanol–water partition coefficient (Wildman–Crippen LogP) is 5.75. The first-order valence-electron chi connectivity index (χ1n) is 8.79. The average molecular weight is 422 g/mol. The fraction of sp³-hybridized carbons (Fsp3) is 0.524. The summed E-state index contributed by atoms with van der Waals surface area (Å²) in [5.41, 5.74) is 2.02. The van der Waals surface area contributed by atoms with Gasteiger partial charge >= 0.3 is 5.97 Å². The number of pyridine rings is 1. The van der Waals surface area contributed by atoms with Crippen molar-refractivity contribution in [2.24, 2.45) is 5.41 Å². The summed E-state index contributed by atoms with van der Waals surface area (Å²) in [6.45, 7) is 13.7. The first-order chi connectivity index (χ1) is 11.9. The zero-order valence-electron chi connectivity index (χ0n) is 16.6. The molecule has 0 saturated heterocycles. The van der Waals surface area contributed by atoms with Crippen LogP contribution in [0, 0.1) is 12.3 Å². The average Bonchev–Trinajstić information content (AvgIpc) is 2.49. The maximum Gasteiger partial charge on any atom is 0.311 e. The van der Waals surface area contributed by atoms with E-state index in [4.69, 9.17) is 9.47 Å². The number of aromatic nitrogens is 1. The Labute approximate surface area is 164 Å². The Kier molecular flexibility index (Phi) is 6.13. The Morgan fingerprint density at radius 2 is 1.88 bits per heavy atom. The third-order valence-corrected chi connectivity index (χ3v) is 4.74. The molecule has 142 valence electrons. The highest BCUT2D eigenvalue weighted by Gasteiger charge is 2.29. The van der Waals surface area contributed by atoms with Gasteiger partial charge in [0, 0.05) is 21.6 Å². The molecule has 0 radical (unpaired) electrons. The molecule has 1 heterocycles. The number of hydrogen-bond donors (Lipinski definition) is 0. The van der Waals surface area contributed by atoms with E-state index in [0.717, 1.165) is 26.5 Å². The molecule has 2 rings (SSSR count). The normalized spacial score (nSPS) is 13.7. The molecule has 0 saturated carbocycles. The second kappa shape index (κ2) is 7.65. The Hall–Kier alpha value is -1.46. The minimum absolute atomic E-state index is 0.165. The Balaban J connectivity index is 2.45. The van der Waals surface area contributed by atoms with Gasteiger partial charge < -0.3 is 9.47 Å². The molecular formula is C21H28BrNO3. The molecule has 5 heteroatoms. The first kappa shape index (κ1) is 20.8. The van der Waals surface area contributed by atoms with Gasteiger partial charge in [0.15, 0.2) is 0 Å². The van der Waals surface area contributed by atoms with E-state index in [1.807, 2.05) is 66.7 Å². The van der Waals surface area contributed by atoms with Crippen molar-refractivity contribution in [2.45, 2.75) is 60.2 Å². The van der Waals surface area contributed by atoms with Crippen LogP contribution in [0.5, 0.6) is 0 Å². The standard InChI is InChI=1S/C21H28BrNO3/c1-13-11-15-14(9-8-10-23-15)18(22)17(13)16(26-21(5,6)7)12-25-19(24)20(2,3)4/h8-11,16H,12H2,1-7H3/t16-/m1/s1. The smallest absolute Gasteiger partial charge is 0.311 e. The maximum atomic E-state index is 12.2. The number of halogens is 1. The third kappa shape index (κ3) is 5.04. The number of hydrogen-bond acceptors (Lipinski definition) is 4. The van der Waals surface area contributed by atoms with Crippen LogP contribution in [0.4, 0.5) is 0 Å². The van der Waals surface area contributed by atoms with E-state index >= 15 is 0 Å². The number of rotatable bonds is 4. The molecule has 0 aliphatic carbocycles. The van der Waals surface area contributed by atoms with Crippen LogP contribution in [0.1, 0.15) is 58.8 Å². The summed E-state index contributed by atoms with van der Waals surface area (Å²) >= 11 is 3.73. The molecule has 1 aromatic carbocycles. The number of carbonyl (C=O) groups is 1. The molecule has 0 N–H and O–H groups in total. The van der Waals surface area contributed by atoms with Crippen molar-refractivity contribution in [3.63, 3.8) is 0 Å². The summed E-state index contributed by atoms with van der Waals surface area (Å²) in [5.74, 6) is -0.240. The first-order valence-corrected chi connectivity index (χ1v) is 9.58. The highest BCUT2D eigenvalue weighted by atomic mass is 79.9. The topological polar surface area (TPSA) is 48.4 Å². The van der Waals surface area contributed by atoms with Crippen molar-refractivity contribution in [3.05, 3.63) is 40.0 Å². The Morgan fingerprint density at radius 1 is 1.23 bits per heavy atom. The molecule has 0 unspecified atom stereocenters. The van der Waals surface area contributed by atoms with E-state index in [2.05, 4.69) is 20.9 Å². The number of carbonyl (C=O) groups excluding carboxylic acids is 1. The summed E-state index contributed by atoms with van der Waals surface area (Å²) in [6, 6.07) is 5.97. The Bertz CT molecular complexity index is 803. The van der Waals surface area contributed by atoms with Crippen LogP contribution >= 0.6 is 15.9 Å². The fourth-order valence-electron chi connectivity index (χ4n) is 2.69. The maximum absolute atomic E-state index is 12.2. The van der Waals surface area contributed by atoms with Gasteiger partial charge in [0.2, 0.25) is 0 Å². The van der Waals surface area contributed by atoms with Gasteiger partial charge in [-0.3, -0.25) is 9.78 Å². The van der Waals surface area contributed by atoms with Gasteiger partial charge in [-0.1, -0.05) is 6.07 Å². The van der Waals surface area contributed by atoms with E-state index in [0.29, 0.717) is 0 Å². The molecule has 26 heavy (non-hydrogen) atoms. The zero-order valence-corrected chi connectivity index (χ0v) is 18.2. The van der Waals surface area contributed by atoms with E-state index in [-0.39, 0.29) is 24.3 Å². The van der Waals surface area contributed by atoms with E-state index in [1.165, 1.54) is 0 Å². The van der Waals surface area contributed by atoms with Crippen molar-refractivity contribution < 1.29 is 14.3 Å². The van der Waals surface area contributed by atoms with Gasteiger partial charge in [0.25, 0.3) is 0 Å². The Morgan fingerprint density at radius 3 is 2.46 bits per heavy atom. The van der Waals surface area contributed by atoms with Crippen LogP contribution in [0.15, 0.2) is 28.9 Å². The number of ether oxygens (including phenoxy) is 2. The van der Waals surface area contributed by atoms with Gasteiger partial charge in [-0.15, -0.1) is 0 Å². The van der Waals surface area contributed by atoms with Gasteiger partial charge in [-0.25, -0.2) is 0 Å². The molecule has 4 nitrogen and oxygen atoms in total. The zero-order chi connectivity index (χ0) is 19.7. The molecule has 0 amide bonds. The molecule has 0 aliphatic heterocycles. The molecule has 0 aliphatic rings. The summed E-state index contributed by atoms with van der Waals surface area (Å²) in [6.07, 6.45) is 1.41. The monoisotopic (exact) mass is 421 g/mol. The van der Waals surface area contributed by atoms with Crippen molar-refractivity contribution in [3.8, 4) is 0 Å². The SMILES string of the molecule is Cc1cc2ncccc2c(Br)c1[C@@H](COC(=O)C(C)(C)C)OC(C)(C)C. The summed E-state index contributed by atoms with van der Waals surface area (Å²) in [4.78, 5) is 16.7. The van der Waals surface area contributed by atoms with Gasteiger partial charge in [-0.05, 0) is 82.1 Å². The van der Waals surface area contributed by atoms with Gasteiger partial charge in [-0.2, -0.15) is 0 Å². The number of benzene rings is 1. The van der Waals surface area contributed by atoms with Crippen LogP contribution in [0.3, 0.4) is 0 Å². The van der Waals surface area contributed by atoms with Gasteiger partial charge in [0.05, 0.1) is 16.5 Å². The lowest BCUT2D eigenvalue weighted by Gasteiger charge is -2.30. The molecule has 1 aromatic heterocycles. The van der Waals surface area contributed by atoms with Gasteiger partial charge in [0.1, 0.15) is 12.7 Å². The lowest BCUT2D eigenvalue weighted by molar-refractivity contribution is -0.162. The van der Waals surface area contributed by atoms with E-state index in [9.17, 15) is 4.79 Å². The van der Waals surface area contributed by atoms with Crippen LogP contribution in [-0.4, -0.2) is 23.2 Å². The van der Waals surface area contributed by atoms with E-state index in [1.54, 1.807) is 6.20 Å². The second-order valence-electron chi connectivity index (χ2n) is 8.56. The highest BCUT2D eigenvalue weighted by Crippen LogP contribution is 2.37. The largest absolute Gasteiger partial charge is 0.462 e. The summed E-state index contributed by atoms with van der Waals surface area (Å²) < 4.78 is 12.8. The number of aryl methyl sites for hydroxylation is 1. The second-order valence-corrected chi connectivity index (χ2v) is 9.35. The van der Waals surface area contributed by atoms with E-state index < -0.39 is 5.41 Å². The highest BCUT2D eigenvalue weighted by molar-refractivity contribution is 9.10.